The van der Waals surface area contributed by atoms with Gasteiger partial charge in [0.1, 0.15) is 10.8 Å². The molecule has 80 valence electrons. The van der Waals surface area contributed by atoms with Crippen LogP contribution >= 0.6 is 11.3 Å². The normalized spacial score (nSPS) is 10.6. The maximum atomic E-state index is 4.45. The van der Waals surface area contributed by atoms with Crippen molar-refractivity contribution >= 4 is 17.2 Å². The van der Waals surface area contributed by atoms with Crippen LogP contribution in [0.1, 0.15) is 15.6 Å². The second-order valence-electron chi connectivity index (χ2n) is 3.48. The second-order valence-corrected chi connectivity index (χ2v) is 4.77. The molecule has 0 bridgehead atoms. The molecule has 2 aromatic heterocycles. The number of nitrogens with one attached hydrogen (secondary N) is 1. The van der Waals surface area contributed by atoms with Crippen molar-refractivity contribution in [2.45, 2.75) is 20.4 Å². The second kappa shape index (κ2) is 4.02. The Morgan fingerprint density at radius 3 is 2.80 bits per heavy atom. The van der Waals surface area contributed by atoms with Crippen LogP contribution in [0.25, 0.3) is 0 Å². The molecule has 15 heavy (non-hydrogen) atoms. The van der Waals surface area contributed by atoms with E-state index < -0.39 is 0 Å². The van der Waals surface area contributed by atoms with Gasteiger partial charge in [-0.2, -0.15) is 5.10 Å². The van der Waals surface area contributed by atoms with Crippen molar-refractivity contribution in [2.24, 2.45) is 7.05 Å². The lowest BCUT2D eigenvalue weighted by Crippen LogP contribution is -2.00. The molecule has 0 radical (unpaired) electrons. The van der Waals surface area contributed by atoms with Crippen LogP contribution < -0.4 is 5.32 Å². The molecular weight excluding hydrogens is 208 g/mol. The Kier molecular flexibility index (Phi) is 2.73. The fourth-order valence-corrected chi connectivity index (χ4v) is 2.16. The van der Waals surface area contributed by atoms with E-state index in [1.807, 2.05) is 26.2 Å². The van der Waals surface area contributed by atoms with Crippen LogP contribution in [-0.4, -0.2) is 14.8 Å². The summed E-state index contributed by atoms with van der Waals surface area (Å²) in [4.78, 5) is 5.74. The molecule has 5 heteroatoms. The molecule has 0 aromatic carbocycles. The van der Waals surface area contributed by atoms with Gasteiger partial charge in [-0.3, -0.25) is 4.68 Å². The number of hydrogen-bond donors (Lipinski definition) is 1. The quantitative estimate of drug-likeness (QED) is 0.865. The zero-order valence-corrected chi connectivity index (χ0v) is 9.93. The molecule has 4 nitrogen and oxygen atoms in total. The molecule has 0 fully saturated rings. The Hall–Kier alpha value is -1.36. The predicted octanol–water partition coefficient (Wildman–Crippen LogP) is 2.11. The Balaban J connectivity index is 1.99. The van der Waals surface area contributed by atoms with Gasteiger partial charge in [-0.05, 0) is 13.8 Å². The molecule has 1 N–H and O–H groups in total. The summed E-state index contributed by atoms with van der Waals surface area (Å²) in [6.07, 6.45) is 1.92. The van der Waals surface area contributed by atoms with E-state index in [2.05, 4.69) is 22.3 Å². The fourth-order valence-electron chi connectivity index (χ4n) is 1.29. The molecule has 0 saturated carbocycles. The minimum absolute atomic E-state index is 0.746. The average molecular weight is 222 g/mol. The van der Waals surface area contributed by atoms with Gasteiger partial charge in [-0.1, -0.05) is 0 Å². The summed E-state index contributed by atoms with van der Waals surface area (Å²) >= 11 is 1.73. The van der Waals surface area contributed by atoms with Gasteiger partial charge >= 0.3 is 0 Å². The highest BCUT2D eigenvalue weighted by atomic mass is 32.1. The summed E-state index contributed by atoms with van der Waals surface area (Å²) in [5.41, 5.74) is 1.12. The number of nitrogens with zero attached hydrogens (tertiary/aromatic N) is 3. The first kappa shape index (κ1) is 10.2. The van der Waals surface area contributed by atoms with E-state index in [-0.39, 0.29) is 0 Å². The van der Waals surface area contributed by atoms with E-state index in [9.17, 15) is 0 Å². The molecule has 0 atom stereocenters. The first-order valence-electron chi connectivity index (χ1n) is 4.81. The van der Waals surface area contributed by atoms with Crippen LogP contribution in [0.15, 0.2) is 12.3 Å². The molecule has 0 amide bonds. The Morgan fingerprint density at radius 2 is 2.27 bits per heavy atom. The highest BCUT2D eigenvalue weighted by Gasteiger charge is 2.03. The van der Waals surface area contributed by atoms with Gasteiger partial charge in [0.2, 0.25) is 0 Å². The number of thiazole rings is 1. The Bertz CT molecular complexity index is 438. The average Bonchev–Trinajstić information content (AvgIpc) is 2.72. The highest BCUT2D eigenvalue weighted by Crippen LogP contribution is 2.17. The van der Waals surface area contributed by atoms with Gasteiger partial charge in [-0.25, -0.2) is 4.98 Å². The minimum Gasteiger partial charge on any atom is -0.362 e. The lowest BCUT2D eigenvalue weighted by Gasteiger charge is -1.98. The standard InChI is InChI=1S/C10H14N4S/c1-7-8(2)15-10(12-7)6-11-9-4-5-14(3)13-9/h4-5H,6H2,1-3H3,(H,11,13). The third-order valence-corrected chi connectivity index (χ3v) is 3.28. The van der Waals surface area contributed by atoms with Gasteiger partial charge < -0.3 is 5.32 Å². The molecule has 0 unspecified atom stereocenters. The molecule has 2 rings (SSSR count). The van der Waals surface area contributed by atoms with E-state index in [4.69, 9.17) is 0 Å². The third-order valence-electron chi connectivity index (χ3n) is 2.21. The maximum absolute atomic E-state index is 4.45. The van der Waals surface area contributed by atoms with Gasteiger partial charge in [-0.15, -0.1) is 11.3 Å². The summed E-state index contributed by atoms with van der Waals surface area (Å²) < 4.78 is 1.78. The van der Waals surface area contributed by atoms with Crippen molar-refractivity contribution in [2.75, 3.05) is 5.32 Å². The lowest BCUT2D eigenvalue weighted by molar-refractivity contribution is 0.768. The molecule has 2 aromatic rings. The topological polar surface area (TPSA) is 42.7 Å². The van der Waals surface area contributed by atoms with E-state index >= 15 is 0 Å². The molecule has 0 saturated heterocycles. The summed E-state index contributed by atoms with van der Waals surface area (Å²) in [6.45, 7) is 4.88. The molecule has 0 aliphatic rings. The largest absolute Gasteiger partial charge is 0.362 e. The molecule has 0 spiro atoms. The molecule has 0 aliphatic carbocycles. The van der Waals surface area contributed by atoms with Crippen LogP contribution in [0.5, 0.6) is 0 Å². The smallest absolute Gasteiger partial charge is 0.148 e. The van der Waals surface area contributed by atoms with Gasteiger partial charge in [0.05, 0.1) is 12.2 Å². The van der Waals surface area contributed by atoms with Crippen LogP contribution in [0.3, 0.4) is 0 Å². The predicted molar refractivity (Wildman–Crippen MR) is 62.1 cm³/mol. The summed E-state index contributed by atoms with van der Waals surface area (Å²) in [7, 11) is 1.91. The number of rotatable bonds is 3. The van der Waals surface area contributed by atoms with E-state index in [1.165, 1.54) is 4.88 Å². The minimum atomic E-state index is 0.746. The monoisotopic (exact) mass is 222 g/mol. The van der Waals surface area contributed by atoms with Crippen molar-refractivity contribution in [1.29, 1.82) is 0 Å². The zero-order valence-electron chi connectivity index (χ0n) is 9.11. The first-order chi connectivity index (χ1) is 7.15. The molecular formula is C10H14N4S. The number of anilines is 1. The van der Waals surface area contributed by atoms with Crippen molar-refractivity contribution in [3.05, 3.63) is 27.8 Å². The summed E-state index contributed by atoms with van der Waals surface area (Å²) in [5, 5.41) is 8.58. The van der Waals surface area contributed by atoms with Crippen molar-refractivity contribution in [3.63, 3.8) is 0 Å². The van der Waals surface area contributed by atoms with Crippen LogP contribution in [-0.2, 0) is 13.6 Å². The summed E-state index contributed by atoms with van der Waals surface area (Å²) in [5.74, 6) is 0.892. The number of hydrogen-bond acceptors (Lipinski definition) is 4. The fraction of sp³-hybridized carbons (Fsp3) is 0.400. The maximum Gasteiger partial charge on any atom is 0.148 e. The van der Waals surface area contributed by atoms with Gasteiger partial charge in [0, 0.05) is 24.2 Å². The van der Waals surface area contributed by atoms with E-state index in [0.717, 1.165) is 23.1 Å². The summed E-state index contributed by atoms with van der Waals surface area (Å²) in [6, 6.07) is 1.95. The zero-order chi connectivity index (χ0) is 10.8. The van der Waals surface area contributed by atoms with Crippen LogP contribution in [0.2, 0.25) is 0 Å². The van der Waals surface area contributed by atoms with Gasteiger partial charge in [0.15, 0.2) is 0 Å². The van der Waals surface area contributed by atoms with Crippen molar-refractivity contribution in [1.82, 2.24) is 14.8 Å². The molecule has 2 heterocycles. The molecule has 0 aliphatic heterocycles. The Morgan fingerprint density at radius 1 is 1.47 bits per heavy atom. The van der Waals surface area contributed by atoms with Crippen LogP contribution in [0, 0.1) is 13.8 Å². The van der Waals surface area contributed by atoms with Crippen molar-refractivity contribution in [3.8, 4) is 0 Å². The Labute approximate surface area is 93.0 Å². The van der Waals surface area contributed by atoms with E-state index in [1.54, 1.807) is 16.0 Å². The van der Waals surface area contributed by atoms with Crippen LogP contribution in [0.4, 0.5) is 5.82 Å². The lowest BCUT2D eigenvalue weighted by atomic mass is 10.4. The van der Waals surface area contributed by atoms with Crippen molar-refractivity contribution < 1.29 is 0 Å². The number of aryl methyl sites for hydroxylation is 3. The first-order valence-corrected chi connectivity index (χ1v) is 5.63. The number of aromatic nitrogens is 3. The highest BCUT2D eigenvalue weighted by molar-refractivity contribution is 7.11. The van der Waals surface area contributed by atoms with E-state index in [0.29, 0.717) is 0 Å². The van der Waals surface area contributed by atoms with Gasteiger partial charge in [0.25, 0.3) is 0 Å². The SMILES string of the molecule is Cc1nc(CNc2ccn(C)n2)sc1C. The third kappa shape index (κ3) is 2.36.